The number of carbonyl (C=O) groups excluding carboxylic acids is 1. The number of carbonyl (C=O) groups is 1. The first kappa shape index (κ1) is 13.4. The third kappa shape index (κ3) is 4.05. The first-order chi connectivity index (χ1) is 6.40. The van der Waals surface area contributed by atoms with Crippen molar-refractivity contribution in [2.24, 2.45) is 11.7 Å². The van der Waals surface area contributed by atoms with Gasteiger partial charge >= 0.3 is 0 Å². The summed E-state index contributed by atoms with van der Waals surface area (Å²) >= 11 is 4.82. The summed E-state index contributed by atoms with van der Waals surface area (Å²) in [7, 11) is 0. The molecule has 0 aromatic heterocycles. The number of hydrogen-bond acceptors (Lipinski definition) is 2. The molecule has 82 valence electrons. The smallest absolute Gasteiger partial charge is 0.226 e. The van der Waals surface area contributed by atoms with Gasteiger partial charge in [-0.05, 0) is 20.3 Å². The molecule has 0 aromatic carbocycles. The van der Waals surface area contributed by atoms with Gasteiger partial charge in [-0.3, -0.25) is 4.79 Å². The maximum Gasteiger partial charge on any atom is 0.226 e. The van der Waals surface area contributed by atoms with E-state index in [1.165, 1.54) is 0 Å². The van der Waals surface area contributed by atoms with E-state index in [9.17, 15) is 4.79 Å². The van der Waals surface area contributed by atoms with Crippen molar-refractivity contribution in [3.63, 3.8) is 0 Å². The summed E-state index contributed by atoms with van der Waals surface area (Å²) in [5.41, 5.74) is 5.45. The van der Waals surface area contributed by atoms with Crippen LogP contribution in [0, 0.1) is 5.92 Å². The molecule has 0 saturated carbocycles. The van der Waals surface area contributed by atoms with Crippen molar-refractivity contribution >= 4 is 23.1 Å². The fraction of sp³-hybridized carbons (Fsp3) is 0.800. The van der Waals surface area contributed by atoms with Crippen LogP contribution in [0.3, 0.4) is 0 Å². The minimum absolute atomic E-state index is 0.0479. The zero-order valence-electron chi connectivity index (χ0n) is 9.41. The van der Waals surface area contributed by atoms with Crippen LogP contribution in [0.2, 0.25) is 0 Å². The molecule has 4 heteroatoms. The second-order valence-corrected chi connectivity index (χ2v) is 4.36. The van der Waals surface area contributed by atoms with Gasteiger partial charge < -0.3 is 10.6 Å². The van der Waals surface area contributed by atoms with Crippen LogP contribution in [0.15, 0.2) is 0 Å². The molecule has 0 aliphatic heterocycles. The van der Waals surface area contributed by atoms with Gasteiger partial charge in [0.25, 0.3) is 0 Å². The van der Waals surface area contributed by atoms with E-state index in [1.54, 1.807) is 4.90 Å². The normalized spacial score (nSPS) is 12.6. The average molecular weight is 216 g/mol. The Hall–Kier alpha value is -0.640. The van der Waals surface area contributed by atoms with Crippen LogP contribution in [-0.2, 0) is 4.79 Å². The molecule has 1 atom stereocenters. The van der Waals surface area contributed by atoms with Crippen molar-refractivity contribution in [3.8, 4) is 0 Å². The highest BCUT2D eigenvalue weighted by molar-refractivity contribution is 7.80. The molecule has 0 saturated heterocycles. The number of rotatable bonds is 5. The summed E-state index contributed by atoms with van der Waals surface area (Å²) in [4.78, 5) is 14.0. The van der Waals surface area contributed by atoms with Crippen molar-refractivity contribution in [1.82, 2.24) is 4.90 Å². The fourth-order valence-corrected chi connectivity index (χ4v) is 1.28. The van der Waals surface area contributed by atoms with E-state index < -0.39 is 0 Å². The highest BCUT2D eigenvalue weighted by Gasteiger charge is 2.21. The molecule has 0 aromatic rings. The number of thiocarbonyl (C=S) groups is 1. The molecule has 0 aliphatic carbocycles. The monoisotopic (exact) mass is 216 g/mol. The van der Waals surface area contributed by atoms with Crippen LogP contribution in [0.25, 0.3) is 0 Å². The number of hydrogen-bond donors (Lipinski definition) is 1. The number of nitrogens with zero attached hydrogens (tertiary/aromatic N) is 1. The van der Waals surface area contributed by atoms with Crippen molar-refractivity contribution in [2.45, 2.75) is 40.2 Å². The van der Waals surface area contributed by atoms with E-state index in [0.717, 1.165) is 6.42 Å². The van der Waals surface area contributed by atoms with E-state index in [2.05, 4.69) is 0 Å². The summed E-state index contributed by atoms with van der Waals surface area (Å²) in [5, 5.41) is 0. The Labute approximate surface area is 91.6 Å². The van der Waals surface area contributed by atoms with Gasteiger partial charge in [-0.1, -0.05) is 26.1 Å². The Morgan fingerprint density at radius 1 is 1.43 bits per heavy atom. The standard InChI is InChI=1S/C10H20N2OS/c1-5-8(4)10(13)12(7(2)3)6-9(11)14/h7-8H,5-6H2,1-4H3,(H2,11,14). The van der Waals surface area contributed by atoms with Gasteiger partial charge in [0.2, 0.25) is 5.91 Å². The highest BCUT2D eigenvalue weighted by atomic mass is 32.1. The van der Waals surface area contributed by atoms with Gasteiger partial charge in [0, 0.05) is 12.0 Å². The Morgan fingerprint density at radius 3 is 2.21 bits per heavy atom. The van der Waals surface area contributed by atoms with E-state index in [4.69, 9.17) is 18.0 Å². The predicted octanol–water partition coefficient (Wildman–Crippen LogP) is 1.56. The zero-order chi connectivity index (χ0) is 11.3. The molecule has 14 heavy (non-hydrogen) atoms. The minimum Gasteiger partial charge on any atom is -0.392 e. The molecule has 0 heterocycles. The summed E-state index contributed by atoms with van der Waals surface area (Å²) in [6, 6.07) is 0.151. The lowest BCUT2D eigenvalue weighted by atomic mass is 10.1. The predicted molar refractivity (Wildman–Crippen MR) is 63.1 cm³/mol. The van der Waals surface area contributed by atoms with Gasteiger partial charge in [0.1, 0.15) is 0 Å². The minimum atomic E-state index is 0.0479. The second kappa shape index (κ2) is 5.96. The van der Waals surface area contributed by atoms with Crippen molar-refractivity contribution in [2.75, 3.05) is 6.54 Å². The summed E-state index contributed by atoms with van der Waals surface area (Å²) < 4.78 is 0. The van der Waals surface area contributed by atoms with E-state index >= 15 is 0 Å². The molecule has 1 amide bonds. The first-order valence-corrected chi connectivity index (χ1v) is 5.39. The van der Waals surface area contributed by atoms with Crippen molar-refractivity contribution in [1.29, 1.82) is 0 Å². The molecule has 0 rings (SSSR count). The van der Waals surface area contributed by atoms with Gasteiger partial charge in [0.15, 0.2) is 0 Å². The molecule has 0 aliphatic rings. The Balaban J connectivity index is 4.49. The first-order valence-electron chi connectivity index (χ1n) is 4.98. The third-order valence-electron chi connectivity index (χ3n) is 2.27. The van der Waals surface area contributed by atoms with E-state index in [-0.39, 0.29) is 17.9 Å². The van der Waals surface area contributed by atoms with Crippen LogP contribution >= 0.6 is 12.2 Å². The van der Waals surface area contributed by atoms with Gasteiger partial charge in [-0.2, -0.15) is 0 Å². The van der Waals surface area contributed by atoms with Gasteiger partial charge in [0.05, 0.1) is 11.5 Å². The molecule has 0 radical (unpaired) electrons. The molecule has 1 unspecified atom stereocenters. The second-order valence-electron chi connectivity index (χ2n) is 3.84. The summed E-state index contributed by atoms with van der Waals surface area (Å²) in [6.45, 7) is 8.26. The lowest BCUT2D eigenvalue weighted by molar-refractivity contribution is -0.135. The molecule has 3 nitrogen and oxygen atoms in total. The van der Waals surface area contributed by atoms with Crippen LogP contribution in [0.1, 0.15) is 34.1 Å². The van der Waals surface area contributed by atoms with E-state index in [1.807, 2.05) is 27.7 Å². The zero-order valence-corrected chi connectivity index (χ0v) is 10.2. The number of amides is 1. The molecule has 2 N–H and O–H groups in total. The Kier molecular flexibility index (Phi) is 5.69. The fourth-order valence-electron chi connectivity index (χ4n) is 1.14. The lowest BCUT2D eigenvalue weighted by Gasteiger charge is -2.28. The summed E-state index contributed by atoms with van der Waals surface area (Å²) in [5.74, 6) is 0.182. The van der Waals surface area contributed by atoms with Crippen LogP contribution in [-0.4, -0.2) is 28.4 Å². The highest BCUT2D eigenvalue weighted by Crippen LogP contribution is 2.09. The van der Waals surface area contributed by atoms with Crippen molar-refractivity contribution in [3.05, 3.63) is 0 Å². The molecular formula is C10H20N2OS. The Bertz CT molecular complexity index is 216. The molecule has 0 spiro atoms. The topological polar surface area (TPSA) is 46.3 Å². The molecular weight excluding hydrogens is 196 g/mol. The van der Waals surface area contributed by atoms with Crippen molar-refractivity contribution < 1.29 is 4.79 Å². The van der Waals surface area contributed by atoms with Gasteiger partial charge in [-0.25, -0.2) is 0 Å². The SMILES string of the molecule is CCC(C)C(=O)N(CC(N)=S)C(C)C. The quantitative estimate of drug-likeness (QED) is 0.709. The maximum atomic E-state index is 11.9. The molecule has 0 fully saturated rings. The molecule has 0 bridgehead atoms. The average Bonchev–Trinajstić information content (AvgIpc) is 2.11. The lowest BCUT2D eigenvalue weighted by Crippen LogP contribution is -2.44. The maximum absolute atomic E-state index is 11.9. The van der Waals surface area contributed by atoms with Gasteiger partial charge in [-0.15, -0.1) is 0 Å². The number of nitrogens with two attached hydrogens (primary N) is 1. The Morgan fingerprint density at radius 2 is 1.93 bits per heavy atom. The largest absolute Gasteiger partial charge is 0.392 e. The summed E-state index contributed by atoms with van der Waals surface area (Å²) in [6.07, 6.45) is 0.847. The van der Waals surface area contributed by atoms with E-state index in [0.29, 0.717) is 11.5 Å². The van der Waals surface area contributed by atoms with Crippen LogP contribution in [0.5, 0.6) is 0 Å². The third-order valence-corrected chi connectivity index (χ3v) is 2.40. The van der Waals surface area contributed by atoms with Crippen LogP contribution in [0.4, 0.5) is 0 Å². The van der Waals surface area contributed by atoms with Crippen LogP contribution < -0.4 is 5.73 Å².